The molecule has 0 N–H and O–H groups in total. The standard InChI is InChI=1S/C20H17N3O3/c1-14-7-3-4-8-16(14)11-12-19-20(15(2)22-26-19)21-13-17-9-5-6-10-18(17)23(24)25/h3-13H,1-2H3/b12-11+,21-13?. The molecule has 3 aromatic rings. The molecule has 2 aromatic carbocycles. The van der Waals surface area contributed by atoms with Gasteiger partial charge in [0.15, 0.2) is 5.76 Å². The summed E-state index contributed by atoms with van der Waals surface area (Å²) >= 11 is 0. The van der Waals surface area contributed by atoms with Crippen molar-refractivity contribution in [3.63, 3.8) is 0 Å². The van der Waals surface area contributed by atoms with Gasteiger partial charge in [-0.15, -0.1) is 0 Å². The van der Waals surface area contributed by atoms with Crippen molar-refractivity contribution < 1.29 is 9.45 Å². The van der Waals surface area contributed by atoms with Crippen LogP contribution in [-0.2, 0) is 0 Å². The first-order chi connectivity index (χ1) is 12.6. The van der Waals surface area contributed by atoms with Crippen molar-refractivity contribution in [3.05, 3.63) is 86.8 Å². The Morgan fingerprint density at radius 3 is 2.46 bits per heavy atom. The van der Waals surface area contributed by atoms with Crippen LogP contribution in [0.5, 0.6) is 0 Å². The highest BCUT2D eigenvalue weighted by atomic mass is 16.6. The first-order valence-corrected chi connectivity index (χ1v) is 8.03. The molecule has 0 amide bonds. The van der Waals surface area contributed by atoms with Crippen LogP contribution in [0.3, 0.4) is 0 Å². The Bertz CT molecular complexity index is 1000. The molecule has 0 saturated heterocycles. The van der Waals surface area contributed by atoms with Crippen LogP contribution >= 0.6 is 0 Å². The maximum Gasteiger partial charge on any atom is 0.278 e. The Morgan fingerprint density at radius 1 is 1.04 bits per heavy atom. The lowest BCUT2D eigenvalue weighted by Crippen LogP contribution is -1.93. The zero-order chi connectivity index (χ0) is 18.5. The van der Waals surface area contributed by atoms with Gasteiger partial charge in [-0.3, -0.25) is 10.1 Å². The number of aliphatic imine (C=N–C) groups is 1. The molecule has 0 fully saturated rings. The zero-order valence-corrected chi connectivity index (χ0v) is 14.4. The van der Waals surface area contributed by atoms with Crippen molar-refractivity contribution in [1.29, 1.82) is 0 Å². The summed E-state index contributed by atoms with van der Waals surface area (Å²) in [7, 11) is 0. The van der Waals surface area contributed by atoms with Crippen LogP contribution in [0.25, 0.3) is 12.2 Å². The number of nitro benzene ring substituents is 1. The van der Waals surface area contributed by atoms with Crippen molar-refractivity contribution in [3.8, 4) is 0 Å². The van der Waals surface area contributed by atoms with Crippen LogP contribution in [-0.4, -0.2) is 16.3 Å². The molecule has 0 aliphatic carbocycles. The van der Waals surface area contributed by atoms with E-state index in [0.717, 1.165) is 11.1 Å². The first kappa shape index (κ1) is 17.3. The van der Waals surface area contributed by atoms with E-state index in [1.807, 2.05) is 37.3 Å². The molecule has 6 heteroatoms. The Labute approximate surface area is 150 Å². The predicted molar refractivity (Wildman–Crippen MR) is 102 cm³/mol. The minimum atomic E-state index is -0.430. The van der Waals surface area contributed by atoms with Crippen molar-refractivity contribution in [2.45, 2.75) is 13.8 Å². The number of aromatic nitrogens is 1. The molecular formula is C20H17N3O3. The zero-order valence-electron chi connectivity index (χ0n) is 14.4. The largest absolute Gasteiger partial charge is 0.354 e. The Kier molecular flexibility index (Phi) is 5.03. The van der Waals surface area contributed by atoms with Gasteiger partial charge in [-0.2, -0.15) is 0 Å². The van der Waals surface area contributed by atoms with Crippen LogP contribution in [0.2, 0.25) is 0 Å². The number of nitro groups is 1. The SMILES string of the molecule is Cc1ccccc1/C=C/c1onc(C)c1N=Cc1ccccc1[N+](=O)[O-]. The molecule has 1 heterocycles. The van der Waals surface area contributed by atoms with E-state index in [4.69, 9.17) is 4.52 Å². The summed E-state index contributed by atoms with van der Waals surface area (Å²) in [6.07, 6.45) is 5.19. The number of para-hydroxylation sites is 1. The maximum absolute atomic E-state index is 11.1. The third-order valence-electron chi connectivity index (χ3n) is 3.93. The lowest BCUT2D eigenvalue weighted by atomic mass is 10.1. The fourth-order valence-electron chi connectivity index (χ4n) is 2.49. The molecule has 26 heavy (non-hydrogen) atoms. The Hall–Kier alpha value is -3.54. The number of rotatable bonds is 5. The third-order valence-corrected chi connectivity index (χ3v) is 3.93. The smallest absolute Gasteiger partial charge is 0.278 e. The Balaban J connectivity index is 1.92. The molecule has 0 radical (unpaired) electrons. The van der Waals surface area contributed by atoms with Crippen LogP contribution in [0.15, 0.2) is 58.0 Å². The van der Waals surface area contributed by atoms with Gasteiger partial charge in [-0.25, -0.2) is 4.99 Å². The van der Waals surface area contributed by atoms with Gasteiger partial charge < -0.3 is 4.52 Å². The highest BCUT2D eigenvalue weighted by Crippen LogP contribution is 2.26. The van der Waals surface area contributed by atoms with Crippen LogP contribution in [0.4, 0.5) is 11.4 Å². The van der Waals surface area contributed by atoms with E-state index >= 15 is 0 Å². The summed E-state index contributed by atoms with van der Waals surface area (Å²) in [5, 5.41) is 15.1. The summed E-state index contributed by atoms with van der Waals surface area (Å²) in [5.41, 5.74) is 3.80. The second-order valence-corrected chi connectivity index (χ2v) is 5.74. The average Bonchev–Trinajstić information content (AvgIpc) is 2.99. The minimum Gasteiger partial charge on any atom is -0.354 e. The molecule has 130 valence electrons. The molecule has 1 aromatic heterocycles. The number of hydrogen-bond acceptors (Lipinski definition) is 5. The molecule has 0 aliphatic heterocycles. The molecule has 0 spiro atoms. The molecule has 0 saturated carbocycles. The van der Waals surface area contributed by atoms with Gasteiger partial charge >= 0.3 is 0 Å². The van der Waals surface area contributed by atoms with Gasteiger partial charge in [-0.1, -0.05) is 47.6 Å². The summed E-state index contributed by atoms with van der Waals surface area (Å²) in [6.45, 7) is 3.81. The van der Waals surface area contributed by atoms with Crippen molar-refractivity contribution in [1.82, 2.24) is 5.16 Å². The second kappa shape index (κ2) is 7.57. The quantitative estimate of drug-likeness (QED) is 0.364. The van der Waals surface area contributed by atoms with E-state index in [1.165, 1.54) is 12.3 Å². The molecule has 0 aliphatic rings. The van der Waals surface area contributed by atoms with Gasteiger partial charge in [0.1, 0.15) is 11.4 Å². The van der Waals surface area contributed by atoms with E-state index < -0.39 is 4.92 Å². The van der Waals surface area contributed by atoms with Crippen molar-refractivity contribution in [2.75, 3.05) is 0 Å². The number of hydrogen-bond donors (Lipinski definition) is 0. The summed E-state index contributed by atoms with van der Waals surface area (Å²) in [6, 6.07) is 14.4. The Morgan fingerprint density at radius 2 is 1.73 bits per heavy atom. The molecule has 0 unspecified atom stereocenters. The molecule has 6 nitrogen and oxygen atoms in total. The summed E-state index contributed by atoms with van der Waals surface area (Å²) < 4.78 is 5.34. The number of nitrogens with zero attached hydrogens (tertiary/aromatic N) is 3. The lowest BCUT2D eigenvalue weighted by molar-refractivity contribution is -0.385. The number of benzene rings is 2. The average molecular weight is 347 g/mol. The van der Waals surface area contributed by atoms with Gasteiger partial charge in [-0.05, 0) is 37.1 Å². The van der Waals surface area contributed by atoms with E-state index in [1.54, 1.807) is 31.2 Å². The van der Waals surface area contributed by atoms with E-state index in [-0.39, 0.29) is 5.69 Å². The van der Waals surface area contributed by atoms with E-state index in [9.17, 15) is 10.1 Å². The summed E-state index contributed by atoms with van der Waals surface area (Å²) in [4.78, 5) is 15.1. The molecule has 0 bridgehead atoms. The van der Waals surface area contributed by atoms with E-state index in [0.29, 0.717) is 22.7 Å². The van der Waals surface area contributed by atoms with Crippen LogP contribution in [0.1, 0.15) is 28.1 Å². The predicted octanol–water partition coefficient (Wildman–Crippen LogP) is 5.12. The maximum atomic E-state index is 11.1. The second-order valence-electron chi connectivity index (χ2n) is 5.74. The highest BCUT2D eigenvalue weighted by Gasteiger charge is 2.12. The van der Waals surface area contributed by atoms with Gasteiger partial charge in [0.05, 0.1) is 10.5 Å². The first-order valence-electron chi connectivity index (χ1n) is 8.03. The minimum absolute atomic E-state index is 0.00218. The fraction of sp³-hybridized carbons (Fsp3) is 0.100. The topological polar surface area (TPSA) is 81.5 Å². The van der Waals surface area contributed by atoms with E-state index in [2.05, 4.69) is 10.1 Å². The van der Waals surface area contributed by atoms with Crippen molar-refractivity contribution in [2.24, 2.45) is 4.99 Å². The van der Waals surface area contributed by atoms with Gasteiger partial charge in [0.25, 0.3) is 5.69 Å². The van der Waals surface area contributed by atoms with Crippen LogP contribution < -0.4 is 0 Å². The monoisotopic (exact) mass is 347 g/mol. The van der Waals surface area contributed by atoms with Crippen LogP contribution in [0, 0.1) is 24.0 Å². The molecule has 3 rings (SSSR count). The van der Waals surface area contributed by atoms with Gasteiger partial charge in [0, 0.05) is 12.3 Å². The third kappa shape index (κ3) is 3.75. The normalized spacial score (nSPS) is 11.5. The number of aryl methyl sites for hydroxylation is 2. The van der Waals surface area contributed by atoms with Crippen molar-refractivity contribution >= 4 is 29.7 Å². The van der Waals surface area contributed by atoms with Gasteiger partial charge in [0.2, 0.25) is 0 Å². The molecule has 0 atom stereocenters. The highest BCUT2D eigenvalue weighted by molar-refractivity contribution is 5.88. The fourth-order valence-corrected chi connectivity index (χ4v) is 2.49. The lowest BCUT2D eigenvalue weighted by Gasteiger charge is -1.98. The molecular weight excluding hydrogens is 330 g/mol. The summed E-state index contributed by atoms with van der Waals surface area (Å²) in [5.74, 6) is 0.501.